The number of halogens is 3. The summed E-state index contributed by atoms with van der Waals surface area (Å²) in [5.74, 6) is -3.66. The third-order valence-corrected chi connectivity index (χ3v) is 2.83. The molecule has 2 rings (SSSR count). The maximum Gasteiger partial charge on any atom is 0.227 e. The second kappa shape index (κ2) is 6.71. The summed E-state index contributed by atoms with van der Waals surface area (Å²) in [5, 5.41) is 6.89. The van der Waals surface area contributed by atoms with E-state index in [0.29, 0.717) is 18.4 Å². The van der Waals surface area contributed by atoms with Crippen LogP contribution in [0.1, 0.15) is 26.2 Å². The lowest BCUT2D eigenvalue weighted by Gasteiger charge is -2.05. The Labute approximate surface area is 120 Å². The second-order valence-electron chi connectivity index (χ2n) is 4.98. The first-order valence-corrected chi connectivity index (χ1v) is 6.68. The van der Waals surface area contributed by atoms with Crippen LogP contribution in [0.2, 0.25) is 0 Å². The van der Waals surface area contributed by atoms with Crippen LogP contribution < -0.4 is 5.32 Å². The molecule has 0 saturated heterocycles. The van der Waals surface area contributed by atoms with Gasteiger partial charge < -0.3 is 9.84 Å². The van der Waals surface area contributed by atoms with E-state index in [4.69, 9.17) is 4.52 Å². The number of nitrogens with one attached hydrogen (secondary N) is 1. The molecule has 0 fully saturated rings. The summed E-state index contributed by atoms with van der Waals surface area (Å²) < 4.78 is 44.2. The fourth-order valence-electron chi connectivity index (χ4n) is 1.79. The molecule has 0 amide bonds. The molecule has 7 heteroatoms. The van der Waals surface area contributed by atoms with Crippen molar-refractivity contribution >= 4 is 0 Å². The molecule has 1 N–H and O–H groups in total. The smallest absolute Gasteiger partial charge is 0.227 e. The van der Waals surface area contributed by atoms with Gasteiger partial charge in [-0.25, -0.2) is 13.2 Å². The maximum atomic E-state index is 13.1. The largest absolute Gasteiger partial charge is 0.339 e. The lowest BCUT2D eigenvalue weighted by Crippen LogP contribution is -2.23. The summed E-state index contributed by atoms with van der Waals surface area (Å²) in [6, 6.07) is 2.08. The van der Waals surface area contributed by atoms with Gasteiger partial charge in [-0.2, -0.15) is 4.98 Å². The fourth-order valence-corrected chi connectivity index (χ4v) is 1.79. The normalized spacial score (nSPS) is 11.3. The Morgan fingerprint density at radius 3 is 2.48 bits per heavy atom. The van der Waals surface area contributed by atoms with E-state index in [1.165, 1.54) is 0 Å². The van der Waals surface area contributed by atoms with E-state index in [-0.39, 0.29) is 11.4 Å². The fraction of sp³-hybridized carbons (Fsp3) is 0.429. The van der Waals surface area contributed by atoms with Gasteiger partial charge in [0.2, 0.25) is 11.7 Å². The Balaban J connectivity index is 2.03. The Kier molecular flexibility index (Phi) is 4.95. The second-order valence-corrected chi connectivity index (χ2v) is 4.98. The van der Waals surface area contributed by atoms with E-state index in [1.807, 2.05) is 13.8 Å². The molecule has 114 valence electrons. The highest BCUT2D eigenvalue weighted by Crippen LogP contribution is 2.21. The maximum absolute atomic E-state index is 13.1. The standard InChI is InChI=1S/C14H16F3N3O/c1-8(2)18-5-3-4-12-19-14(20-21-12)9-6-10(15)13(17)11(16)7-9/h6-8,18H,3-5H2,1-2H3. The zero-order chi connectivity index (χ0) is 15.4. The SMILES string of the molecule is CC(C)NCCCc1nc(-c2cc(F)c(F)c(F)c2)no1. The highest BCUT2D eigenvalue weighted by Gasteiger charge is 2.15. The van der Waals surface area contributed by atoms with Crippen LogP contribution in [0.15, 0.2) is 16.7 Å². The first kappa shape index (κ1) is 15.5. The Hall–Kier alpha value is -1.89. The highest BCUT2D eigenvalue weighted by molar-refractivity contribution is 5.54. The van der Waals surface area contributed by atoms with E-state index in [0.717, 1.165) is 25.1 Å². The minimum absolute atomic E-state index is 0.0413. The molecule has 0 radical (unpaired) electrons. The monoisotopic (exact) mass is 299 g/mol. The average molecular weight is 299 g/mol. The van der Waals surface area contributed by atoms with E-state index in [1.54, 1.807) is 0 Å². The van der Waals surface area contributed by atoms with Gasteiger partial charge in [-0.05, 0) is 25.1 Å². The molecule has 0 aliphatic rings. The van der Waals surface area contributed by atoms with Crippen molar-refractivity contribution in [2.45, 2.75) is 32.7 Å². The Morgan fingerprint density at radius 1 is 1.19 bits per heavy atom. The molecule has 0 unspecified atom stereocenters. The molecule has 0 aliphatic heterocycles. The number of aromatic nitrogens is 2. The summed E-state index contributed by atoms with van der Waals surface area (Å²) in [5.41, 5.74) is 0.0432. The van der Waals surface area contributed by atoms with Gasteiger partial charge in [-0.1, -0.05) is 19.0 Å². The molecule has 0 aliphatic carbocycles. The van der Waals surface area contributed by atoms with Gasteiger partial charge in [0.05, 0.1) is 0 Å². The number of benzene rings is 1. The number of nitrogens with zero attached hydrogens (tertiary/aromatic N) is 2. The quantitative estimate of drug-likeness (QED) is 0.658. The Morgan fingerprint density at radius 2 is 1.86 bits per heavy atom. The molecule has 1 heterocycles. The zero-order valence-corrected chi connectivity index (χ0v) is 11.8. The van der Waals surface area contributed by atoms with Crippen molar-refractivity contribution in [2.75, 3.05) is 6.54 Å². The highest BCUT2D eigenvalue weighted by atomic mass is 19.2. The summed E-state index contributed by atoms with van der Waals surface area (Å²) >= 11 is 0. The molecular weight excluding hydrogens is 283 g/mol. The summed E-state index contributed by atoms with van der Waals surface area (Å²) in [6.45, 7) is 4.89. The van der Waals surface area contributed by atoms with Gasteiger partial charge in [0, 0.05) is 18.0 Å². The van der Waals surface area contributed by atoms with Crippen LogP contribution in [-0.2, 0) is 6.42 Å². The molecule has 1 aromatic carbocycles. The predicted molar refractivity (Wildman–Crippen MR) is 71.1 cm³/mol. The molecule has 2 aromatic rings. The van der Waals surface area contributed by atoms with Crippen molar-refractivity contribution in [3.05, 3.63) is 35.5 Å². The third kappa shape index (κ3) is 4.04. The van der Waals surface area contributed by atoms with Gasteiger partial charge in [0.15, 0.2) is 17.5 Å². The number of hydrogen-bond donors (Lipinski definition) is 1. The summed E-state index contributed by atoms with van der Waals surface area (Å²) in [6.07, 6.45) is 1.35. The van der Waals surface area contributed by atoms with E-state index < -0.39 is 17.5 Å². The first-order valence-electron chi connectivity index (χ1n) is 6.68. The van der Waals surface area contributed by atoms with Crippen molar-refractivity contribution in [3.8, 4) is 11.4 Å². The average Bonchev–Trinajstić information content (AvgIpc) is 2.89. The lowest BCUT2D eigenvalue weighted by molar-refractivity contribution is 0.374. The van der Waals surface area contributed by atoms with Crippen molar-refractivity contribution in [3.63, 3.8) is 0 Å². The van der Waals surface area contributed by atoms with E-state index in [2.05, 4.69) is 15.5 Å². The van der Waals surface area contributed by atoms with Gasteiger partial charge in [0.1, 0.15) is 0 Å². The Bertz CT molecular complexity index is 590. The molecule has 4 nitrogen and oxygen atoms in total. The first-order chi connectivity index (χ1) is 9.97. The minimum atomic E-state index is -1.51. The molecule has 21 heavy (non-hydrogen) atoms. The van der Waals surface area contributed by atoms with Crippen LogP contribution in [0.3, 0.4) is 0 Å². The van der Waals surface area contributed by atoms with Crippen LogP contribution >= 0.6 is 0 Å². The van der Waals surface area contributed by atoms with E-state index in [9.17, 15) is 13.2 Å². The lowest BCUT2D eigenvalue weighted by atomic mass is 10.2. The van der Waals surface area contributed by atoms with Gasteiger partial charge in [0.25, 0.3) is 0 Å². The molecule has 0 atom stereocenters. The van der Waals surface area contributed by atoms with Crippen LogP contribution in [0.25, 0.3) is 11.4 Å². The number of rotatable bonds is 6. The van der Waals surface area contributed by atoms with Gasteiger partial charge in [-0.15, -0.1) is 0 Å². The third-order valence-electron chi connectivity index (χ3n) is 2.83. The molecule has 0 bridgehead atoms. The van der Waals surface area contributed by atoms with Gasteiger partial charge >= 0.3 is 0 Å². The molecule has 0 saturated carbocycles. The van der Waals surface area contributed by atoms with Crippen LogP contribution in [0.5, 0.6) is 0 Å². The van der Waals surface area contributed by atoms with Crippen LogP contribution in [-0.4, -0.2) is 22.7 Å². The minimum Gasteiger partial charge on any atom is -0.339 e. The molecular formula is C14H16F3N3O. The summed E-state index contributed by atoms with van der Waals surface area (Å²) in [7, 11) is 0. The topological polar surface area (TPSA) is 51.0 Å². The van der Waals surface area contributed by atoms with Crippen LogP contribution in [0.4, 0.5) is 13.2 Å². The van der Waals surface area contributed by atoms with Gasteiger partial charge in [-0.3, -0.25) is 0 Å². The van der Waals surface area contributed by atoms with Crippen LogP contribution in [0, 0.1) is 17.5 Å². The number of aryl methyl sites for hydroxylation is 1. The summed E-state index contributed by atoms with van der Waals surface area (Å²) in [4.78, 5) is 4.05. The van der Waals surface area contributed by atoms with E-state index >= 15 is 0 Å². The van der Waals surface area contributed by atoms with Crippen molar-refractivity contribution < 1.29 is 17.7 Å². The molecule has 0 spiro atoms. The number of hydrogen-bond acceptors (Lipinski definition) is 4. The zero-order valence-electron chi connectivity index (χ0n) is 11.8. The van der Waals surface area contributed by atoms with Crippen molar-refractivity contribution in [2.24, 2.45) is 0 Å². The van der Waals surface area contributed by atoms with Crippen molar-refractivity contribution in [1.82, 2.24) is 15.5 Å². The molecule has 1 aromatic heterocycles. The van der Waals surface area contributed by atoms with Crippen molar-refractivity contribution in [1.29, 1.82) is 0 Å². The predicted octanol–water partition coefficient (Wildman–Crippen LogP) is 3.08.